The van der Waals surface area contributed by atoms with Gasteiger partial charge in [-0.25, -0.2) is 0 Å². The quantitative estimate of drug-likeness (QED) is 0.559. The highest BCUT2D eigenvalue weighted by atomic mass is 32.1. The van der Waals surface area contributed by atoms with Crippen molar-refractivity contribution in [2.24, 2.45) is 0 Å². The molecule has 2 rings (SSSR count). The lowest BCUT2D eigenvalue weighted by Crippen LogP contribution is -2.29. The van der Waals surface area contributed by atoms with Crippen LogP contribution < -0.4 is 10.6 Å². The Morgan fingerprint density at radius 2 is 1.88 bits per heavy atom. The summed E-state index contributed by atoms with van der Waals surface area (Å²) in [5.74, 6) is 0.470. The maximum atomic E-state index is 12.6. The molecule has 2 N–H and O–H groups in total. The van der Waals surface area contributed by atoms with Gasteiger partial charge in [-0.3, -0.25) is 4.68 Å². The summed E-state index contributed by atoms with van der Waals surface area (Å²) in [6.07, 6.45) is -3.81. The third-order valence-electron chi connectivity index (χ3n) is 3.94. The van der Waals surface area contributed by atoms with E-state index in [1.807, 2.05) is 24.3 Å². The molecule has 0 radical (unpaired) electrons. The largest absolute Gasteiger partial charge is 0.435 e. The van der Waals surface area contributed by atoms with Gasteiger partial charge in [0.05, 0.1) is 0 Å². The van der Waals surface area contributed by atoms with Crippen molar-refractivity contribution in [3.63, 3.8) is 0 Å². The van der Waals surface area contributed by atoms with Crippen LogP contribution in [0.25, 0.3) is 0 Å². The van der Waals surface area contributed by atoms with Gasteiger partial charge in [0, 0.05) is 24.5 Å². The lowest BCUT2D eigenvalue weighted by Gasteiger charge is -2.12. The van der Waals surface area contributed by atoms with Crippen LogP contribution >= 0.6 is 12.2 Å². The van der Waals surface area contributed by atoms with Crippen LogP contribution in [-0.2, 0) is 12.7 Å². The van der Waals surface area contributed by atoms with E-state index >= 15 is 0 Å². The topological polar surface area (TPSA) is 41.9 Å². The molecule has 2 aromatic rings. The van der Waals surface area contributed by atoms with Gasteiger partial charge < -0.3 is 10.6 Å². The minimum absolute atomic E-state index is 0.389. The number of nitrogens with zero attached hydrogens (tertiary/aromatic N) is 2. The van der Waals surface area contributed by atoms with Gasteiger partial charge in [-0.1, -0.05) is 26.0 Å². The van der Waals surface area contributed by atoms with Gasteiger partial charge in [-0.2, -0.15) is 18.3 Å². The standard InChI is InChI=1S/C18H23F3N4S/c1-12(2)14-5-7-15(8-6-14)23-17(26)22-9-4-10-25-13(3)11-16(24-25)18(19,20)21/h5-8,11-12H,4,9-10H2,1-3H3,(H2,22,23,26). The summed E-state index contributed by atoms with van der Waals surface area (Å²) in [5, 5.41) is 10.2. The average Bonchev–Trinajstić information content (AvgIpc) is 2.93. The average molecular weight is 384 g/mol. The Labute approximate surface area is 156 Å². The molecule has 0 atom stereocenters. The fourth-order valence-electron chi connectivity index (χ4n) is 2.43. The molecule has 0 fully saturated rings. The number of alkyl halides is 3. The smallest absolute Gasteiger partial charge is 0.362 e. The van der Waals surface area contributed by atoms with E-state index in [2.05, 4.69) is 29.6 Å². The van der Waals surface area contributed by atoms with Crippen LogP contribution in [0.5, 0.6) is 0 Å². The summed E-state index contributed by atoms with van der Waals surface area (Å²) < 4.78 is 39.3. The Morgan fingerprint density at radius 3 is 2.42 bits per heavy atom. The third kappa shape index (κ3) is 5.72. The van der Waals surface area contributed by atoms with E-state index in [9.17, 15) is 13.2 Å². The van der Waals surface area contributed by atoms with Crippen molar-refractivity contribution < 1.29 is 13.2 Å². The van der Waals surface area contributed by atoms with E-state index in [0.29, 0.717) is 36.2 Å². The van der Waals surface area contributed by atoms with E-state index in [1.165, 1.54) is 10.2 Å². The van der Waals surface area contributed by atoms with Crippen molar-refractivity contribution in [2.75, 3.05) is 11.9 Å². The number of aromatic nitrogens is 2. The van der Waals surface area contributed by atoms with E-state index < -0.39 is 11.9 Å². The zero-order chi connectivity index (χ0) is 19.3. The second kappa shape index (κ2) is 8.53. The van der Waals surface area contributed by atoms with E-state index in [1.54, 1.807) is 6.92 Å². The number of thiocarbonyl (C=S) groups is 1. The van der Waals surface area contributed by atoms with Crippen LogP contribution in [0.4, 0.5) is 18.9 Å². The van der Waals surface area contributed by atoms with Crippen LogP contribution in [0.2, 0.25) is 0 Å². The van der Waals surface area contributed by atoms with Crippen molar-refractivity contribution in [1.82, 2.24) is 15.1 Å². The Balaban J connectivity index is 1.76. The molecule has 0 saturated carbocycles. The molecule has 0 unspecified atom stereocenters. The van der Waals surface area contributed by atoms with Gasteiger partial charge in [0.15, 0.2) is 10.8 Å². The zero-order valence-electron chi connectivity index (χ0n) is 15.0. The molecule has 0 aliphatic carbocycles. The fourth-order valence-corrected chi connectivity index (χ4v) is 2.65. The molecule has 0 bridgehead atoms. The minimum atomic E-state index is -4.41. The van der Waals surface area contributed by atoms with E-state index in [-0.39, 0.29) is 0 Å². The summed E-state index contributed by atoms with van der Waals surface area (Å²) in [5.41, 5.74) is 1.78. The second-order valence-corrected chi connectivity index (χ2v) is 6.81. The van der Waals surface area contributed by atoms with Gasteiger partial charge in [0.2, 0.25) is 0 Å². The lowest BCUT2D eigenvalue weighted by atomic mass is 10.0. The number of hydrogen-bond acceptors (Lipinski definition) is 2. The maximum absolute atomic E-state index is 12.6. The molecular formula is C18H23F3N4S. The first-order valence-corrected chi connectivity index (χ1v) is 8.84. The molecule has 1 aromatic heterocycles. The van der Waals surface area contributed by atoms with Crippen LogP contribution in [0.3, 0.4) is 0 Å². The van der Waals surface area contributed by atoms with Crippen molar-refractivity contribution >= 4 is 23.0 Å². The zero-order valence-corrected chi connectivity index (χ0v) is 15.8. The minimum Gasteiger partial charge on any atom is -0.362 e. The molecule has 0 aliphatic heterocycles. The molecule has 0 saturated heterocycles. The molecular weight excluding hydrogens is 361 g/mol. The third-order valence-corrected chi connectivity index (χ3v) is 4.19. The van der Waals surface area contributed by atoms with Gasteiger partial charge in [-0.05, 0) is 55.2 Å². The number of aryl methyl sites for hydroxylation is 2. The Bertz CT molecular complexity index is 736. The monoisotopic (exact) mass is 384 g/mol. The van der Waals surface area contributed by atoms with Crippen molar-refractivity contribution in [2.45, 2.75) is 45.8 Å². The van der Waals surface area contributed by atoms with Gasteiger partial charge in [0.1, 0.15) is 0 Å². The first kappa shape index (κ1) is 20.2. The van der Waals surface area contributed by atoms with Crippen LogP contribution in [0.15, 0.2) is 30.3 Å². The first-order chi connectivity index (χ1) is 12.2. The molecule has 142 valence electrons. The molecule has 1 aromatic carbocycles. The highest BCUT2D eigenvalue weighted by Crippen LogP contribution is 2.28. The Morgan fingerprint density at radius 1 is 1.23 bits per heavy atom. The second-order valence-electron chi connectivity index (χ2n) is 6.40. The number of hydrogen-bond donors (Lipinski definition) is 2. The molecule has 1 heterocycles. The normalized spacial score (nSPS) is 11.7. The number of halogens is 3. The summed E-state index contributed by atoms with van der Waals surface area (Å²) >= 11 is 5.24. The van der Waals surface area contributed by atoms with Gasteiger partial charge in [-0.15, -0.1) is 0 Å². The Kier molecular flexibility index (Phi) is 6.63. The summed E-state index contributed by atoms with van der Waals surface area (Å²) in [7, 11) is 0. The maximum Gasteiger partial charge on any atom is 0.435 e. The van der Waals surface area contributed by atoms with Gasteiger partial charge in [0.25, 0.3) is 0 Å². The van der Waals surface area contributed by atoms with Crippen LogP contribution in [0.1, 0.15) is 43.1 Å². The SMILES string of the molecule is Cc1cc(C(F)(F)F)nn1CCCNC(=S)Nc1ccc(C(C)C)cc1. The number of rotatable bonds is 6. The number of benzene rings is 1. The highest BCUT2D eigenvalue weighted by Gasteiger charge is 2.34. The lowest BCUT2D eigenvalue weighted by molar-refractivity contribution is -0.141. The number of nitrogens with one attached hydrogen (secondary N) is 2. The molecule has 0 spiro atoms. The predicted molar refractivity (Wildman–Crippen MR) is 101 cm³/mol. The molecule has 8 heteroatoms. The highest BCUT2D eigenvalue weighted by molar-refractivity contribution is 7.80. The predicted octanol–water partition coefficient (Wildman–Crippen LogP) is 4.71. The summed E-state index contributed by atoms with van der Waals surface area (Å²) in [6, 6.07) is 9.09. The van der Waals surface area contributed by atoms with Crippen LogP contribution in [-0.4, -0.2) is 21.4 Å². The fraction of sp³-hybridized carbons (Fsp3) is 0.444. The Hall–Kier alpha value is -2.09. The number of anilines is 1. The van der Waals surface area contributed by atoms with Gasteiger partial charge >= 0.3 is 6.18 Å². The van der Waals surface area contributed by atoms with Crippen LogP contribution in [0, 0.1) is 6.92 Å². The van der Waals surface area contributed by atoms with Crippen molar-refractivity contribution in [3.8, 4) is 0 Å². The molecule has 26 heavy (non-hydrogen) atoms. The first-order valence-electron chi connectivity index (χ1n) is 8.43. The molecule has 0 aliphatic rings. The van der Waals surface area contributed by atoms with Crippen molar-refractivity contribution in [1.29, 1.82) is 0 Å². The van der Waals surface area contributed by atoms with E-state index in [4.69, 9.17) is 12.2 Å². The summed E-state index contributed by atoms with van der Waals surface area (Å²) in [6.45, 7) is 6.81. The summed E-state index contributed by atoms with van der Waals surface area (Å²) in [4.78, 5) is 0. The van der Waals surface area contributed by atoms with E-state index in [0.717, 1.165) is 11.8 Å². The van der Waals surface area contributed by atoms with Crippen molar-refractivity contribution in [3.05, 3.63) is 47.3 Å². The molecule has 4 nitrogen and oxygen atoms in total. The molecule has 0 amide bonds.